The van der Waals surface area contributed by atoms with E-state index in [2.05, 4.69) is 81.5 Å². The predicted molar refractivity (Wildman–Crippen MR) is 212 cm³/mol. The second-order valence-corrected chi connectivity index (χ2v) is 15.1. The fourth-order valence-corrected chi connectivity index (χ4v) is 6.97. The van der Waals surface area contributed by atoms with Gasteiger partial charge in [0.25, 0.3) is 0 Å². The van der Waals surface area contributed by atoms with Crippen LogP contribution in [0.4, 0.5) is 0 Å². The van der Waals surface area contributed by atoms with Crippen molar-refractivity contribution in [3.05, 3.63) is 48.6 Å². The minimum atomic E-state index is 0.423. The maximum atomic E-state index is 12.7. The number of hydrogen-bond acceptors (Lipinski definition) is 3. The first-order valence-corrected chi connectivity index (χ1v) is 20.9. The van der Waals surface area contributed by atoms with Crippen LogP contribution in [0.2, 0.25) is 0 Å². The summed E-state index contributed by atoms with van der Waals surface area (Å²) in [6.45, 7) is 5.54. The summed E-state index contributed by atoms with van der Waals surface area (Å²) in [5.41, 5.74) is 0. The van der Waals surface area contributed by atoms with Crippen molar-refractivity contribution in [3.8, 4) is 0 Å². The average Bonchev–Trinajstić information content (AvgIpc) is 3.04. The molecule has 0 saturated carbocycles. The van der Waals surface area contributed by atoms with Crippen molar-refractivity contribution >= 4 is 16.9 Å². The van der Waals surface area contributed by atoms with Crippen molar-refractivity contribution in [2.45, 2.75) is 199 Å². The molecule has 0 radical (unpaired) electrons. The van der Waals surface area contributed by atoms with Crippen LogP contribution in [0.5, 0.6) is 0 Å². The van der Waals surface area contributed by atoms with Gasteiger partial charge in [-0.2, -0.15) is 0 Å². The Morgan fingerprint density at radius 1 is 0.500 bits per heavy atom. The first-order valence-electron chi connectivity index (χ1n) is 20.0. The highest BCUT2D eigenvalue weighted by atomic mass is 32.2. The highest BCUT2D eigenvalue weighted by Crippen LogP contribution is 2.26. The molecule has 0 N–H and O–H groups in total. The van der Waals surface area contributed by atoms with E-state index in [4.69, 9.17) is 0 Å². The van der Waals surface area contributed by atoms with Gasteiger partial charge in [0.05, 0.1) is 0 Å². The van der Waals surface area contributed by atoms with Gasteiger partial charge in [-0.3, -0.25) is 4.79 Å². The van der Waals surface area contributed by atoms with Gasteiger partial charge in [-0.1, -0.05) is 164 Å². The zero-order valence-electron chi connectivity index (χ0n) is 31.5. The molecule has 0 spiro atoms. The lowest BCUT2D eigenvalue weighted by atomic mass is 10.0. The van der Waals surface area contributed by atoms with E-state index in [0.717, 1.165) is 32.2 Å². The van der Waals surface area contributed by atoms with E-state index in [1.807, 2.05) is 0 Å². The van der Waals surface area contributed by atoms with Gasteiger partial charge >= 0.3 is 0 Å². The van der Waals surface area contributed by atoms with E-state index < -0.39 is 0 Å². The van der Waals surface area contributed by atoms with Crippen LogP contribution in [0.15, 0.2) is 48.6 Å². The molecule has 0 aromatic heterocycles. The van der Waals surface area contributed by atoms with Gasteiger partial charge in [0, 0.05) is 11.7 Å². The average molecular weight is 658 g/mol. The summed E-state index contributed by atoms with van der Waals surface area (Å²) in [4.78, 5) is 14.9. The van der Waals surface area contributed by atoms with Crippen LogP contribution in [0, 0.1) is 0 Å². The summed E-state index contributed by atoms with van der Waals surface area (Å²) in [7, 11) is 4.19. The standard InChI is InChI=1S/C43H79NOS/c1-5-7-9-11-13-15-17-19-21-23-25-27-29-31-33-35-38-42(46-43(45)40-37-41-44(3)4)39-36-34-32-30-28-26-24-22-20-18-16-14-12-10-8-6-2/h13-16,19-22,42H,5-12,17-18,23-41H2,1-4H3/b15-13-,16-14-,21-19-,22-20-. The van der Waals surface area contributed by atoms with Gasteiger partial charge < -0.3 is 4.90 Å². The Hall–Kier alpha value is -1.06. The van der Waals surface area contributed by atoms with Gasteiger partial charge in [0.2, 0.25) is 0 Å². The molecule has 0 aliphatic heterocycles. The van der Waals surface area contributed by atoms with Crippen LogP contribution in [0.25, 0.3) is 0 Å². The van der Waals surface area contributed by atoms with Crippen molar-refractivity contribution in [2.75, 3.05) is 20.6 Å². The summed E-state index contributed by atoms with van der Waals surface area (Å²) < 4.78 is 0. The number of carbonyl (C=O) groups excluding carboxylic acids is 1. The molecule has 0 saturated heterocycles. The molecule has 0 heterocycles. The first kappa shape index (κ1) is 44.9. The molecule has 0 fully saturated rings. The lowest BCUT2D eigenvalue weighted by Crippen LogP contribution is -2.14. The summed E-state index contributed by atoms with van der Waals surface area (Å²) in [6.07, 6.45) is 54.1. The van der Waals surface area contributed by atoms with Crippen molar-refractivity contribution in [1.82, 2.24) is 4.90 Å². The fraction of sp³-hybridized carbons (Fsp3) is 0.791. The summed E-state index contributed by atoms with van der Waals surface area (Å²) in [6, 6.07) is 0. The van der Waals surface area contributed by atoms with Crippen LogP contribution in [0.1, 0.15) is 194 Å². The predicted octanol–water partition coefficient (Wildman–Crippen LogP) is 14.4. The molecule has 0 amide bonds. The Morgan fingerprint density at radius 2 is 0.870 bits per heavy atom. The molecular weight excluding hydrogens is 579 g/mol. The van der Waals surface area contributed by atoms with E-state index >= 15 is 0 Å². The molecular formula is C43H79NOS. The Labute approximate surface area is 293 Å². The Bertz CT molecular complexity index is 689. The first-order chi connectivity index (χ1) is 22.6. The maximum Gasteiger partial charge on any atom is 0.189 e. The van der Waals surface area contributed by atoms with Gasteiger partial charge in [-0.25, -0.2) is 0 Å². The molecule has 0 rings (SSSR count). The highest BCUT2D eigenvalue weighted by Gasteiger charge is 2.14. The molecule has 0 atom stereocenters. The number of unbranched alkanes of at least 4 members (excludes halogenated alkanes) is 18. The van der Waals surface area contributed by atoms with Crippen LogP contribution >= 0.6 is 11.8 Å². The molecule has 0 bridgehead atoms. The third kappa shape index (κ3) is 37.4. The van der Waals surface area contributed by atoms with Crippen LogP contribution in [-0.2, 0) is 4.79 Å². The lowest BCUT2D eigenvalue weighted by Gasteiger charge is -2.16. The van der Waals surface area contributed by atoms with Gasteiger partial charge in [-0.05, 0) is 104 Å². The molecule has 268 valence electrons. The van der Waals surface area contributed by atoms with Crippen LogP contribution in [-0.4, -0.2) is 35.9 Å². The minimum Gasteiger partial charge on any atom is -0.309 e. The van der Waals surface area contributed by atoms with E-state index in [-0.39, 0.29) is 0 Å². The molecule has 0 aromatic carbocycles. The van der Waals surface area contributed by atoms with Crippen molar-refractivity contribution in [1.29, 1.82) is 0 Å². The van der Waals surface area contributed by atoms with Crippen LogP contribution < -0.4 is 0 Å². The molecule has 0 unspecified atom stereocenters. The summed E-state index contributed by atoms with van der Waals surface area (Å²) in [5.74, 6) is 0. The van der Waals surface area contributed by atoms with Crippen molar-refractivity contribution in [2.24, 2.45) is 0 Å². The second kappa shape index (κ2) is 38.4. The van der Waals surface area contributed by atoms with E-state index in [1.54, 1.807) is 11.8 Å². The summed E-state index contributed by atoms with van der Waals surface area (Å²) >= 11 is 1.69. The smallest absolute Gasteiger partial charge is 0.189 e. The number of hydrogen-bond donors (Lipinski definition) is 0. The topological polar surface area (TPSA) is 20.3 Å². The molecule has 0 aliphatic rings. The molecule has 46 heavy (non-hydrogen) atoms. The zero-order valence-corrected chi connectivity index (χ0v) is 32.3. The zero-order chi connectivity index (χ0) is 33.6. The highest BCUT2D eigenvalue weighted by molar-refractivity contribution is 8.14. The quantitative estimate of drug-likeness (QED) is 0.0500. The Morgan fingerprint density at radius 3 is 1.26 bits per heavy atom. The molecule has 0 aromatic rings. The number of nitrogens with zero attached hydrogens (tertiary/aromatic N) is 1. The monoisotopic (exact) mass is 658 g/mol. The third-order valence-electron chi connectivity index (χ3n) is 8.74. The third-order valence-corrected chi connectivity index (χ3v) is 10.0. The fourth-order valence-electron chi connectivity index (χ4n) is 5.77. The van der Waals surface area contributed by atoms with E-state index in [9.17, 15) is 4.79 Å². The minimum absolute atomic E-state index is 0.423. The van der Waals surface area contributed by atoms with Crippen LogP contribution in [0.3, 0.4) is 0 Å². The van der Waals surface area contributed by atoms with Gasteiger partial charge in [0.15, 0.2) is 5.12 Å². The normalized spacial score (nSPS) is 12.5. The van der Waals surface area contributed by atoms with E-state index in [1.165, 1.54) is 154 Å². The Kier molecular flexibility index (Phi) is 37.5. The SMILES string of the molecule is CCCCC/C=C\C/C=C\CCCCCCCCC(CCCCCCCC/C=C\C/C=C\CCCCC)SC(=O)CCCN(C)C. The van der Waals surface area contributed by atoms with Gasteiger partial charge in [0.1, 0.15) is 0 Å². The second-order valence-electron chi connectivity index (χ2n) is 13.8. The van der Waals surface area contributed by atoms with Gasteiger partial charge in [-0.15, -0.1) is 0 Å². The maximum absolute atomic E-state index is 12.7. The largest absolute Gasteiger partial charge is 0.309 e. The number of allylic oxidation sites excluding steroid dienone is 8. The summed E-state index contributed by atoms with van der Waals surface area (Å²) in [5, 5.41) is 0.954. The lowest BCUT2D eigenvalue weighted by molar-refractivity contribution is -0.111. The number of thioether (sulfide) groups is 1. The number of carbonyl (C=O) groups is 1. The van der Waals surface area contributed by atoms with E-state index in [0.29, 0.717) is 10.4 Å². The molecule has 3 heteroatoms. The molecule has 2 nitrogen and oxygen atoms in total. The molecule has 0 aliphatic carbocycles. The Balaban J connectivity index is 4.01. The van der Waals surface area contributed by atoms with Crippen molar-refractivity contribution < 1.29 is 4.79 Å². The van der Waals surface area contributed by atoms with Crippen molar-refractivity contribution in [3.63, 3.8) is 0 Å². The number of rotatable bonds is 35.